The van der Waals surface area contributed by atoms with E-state index in [9.17, 15) is 13.6 Å². The van der Waals surface area contributed by atoms with Gasteiger partial charge < -0.3 is 4.74 Å². The van der Waals surface area contributed by atoms with Crippen LogP contribution in [0.25, 0.3) is 5.57 Å². The van der Waals surface area contributed by atoms with Crippen LogP contribution >= 0.6 is 22.6 Å². The Bertz CT molecular complexity index is 458. The minimum atomic E-state index is -3.50. The summed E-state index contributed by atoms with van der Waals surface area (Å²) >= 11 is 2.18. The quantitative estimate of drug-likeness (QED) is 0.387. The first kappa shape index (κ1) is 17.1. The van der Waals surface area contributed by atoms with E-state index in [0.29, 0.717) is 17.6 Å². The molecule has 0 saturated carbocycles. The Hall–Kier alpha value is -0.980. The number of hydrogen-bond acceptors (Lipinski definition) is 2. The van der Waals surface area contributed by atoms with Gasteiger partial charge in [0.2, 0.25) is 0 Å². The molecule has 0 aromatic heterocycles. The molecule has 0 radical (unpaired) electrons. The van der Waals surface area contributed by atoms with Crippen LogP contribution < -0.4 is 0 Å². The van der Waals surface area contributed by atoms with Gasteiger partial charge in [-0.1, -0.05) is 59.0 Å². The van der Waals surface area contributed by atoms with Gasteiger partial charge in [0.15, 0.2) is 0 Å². The predicted octanol–water partition coefficient (Wildman–Crippen LogP) is 4.48. The Labute approximate surface area is 131 Å². The highest BCUT2D eigenvalue weighted by atomic mass is 127. The Kier molecular flexibility index (Phi) is 7.12. The van der Waals surface area contributed by atoms with Gasteiger partial charge in [-0.05, 0) is 24.5 Å². The van der Waals surface area contributed by atoms with Crippen LogP contribution in [0.5, 0.6) is 0 Å². The van der Waals surface area contributed by atoms with Crippen molar-refractivity contribution in [2.45, 2.75) is 25.7 Å². The molecule has 0 bridgehead atoms. The molecular weight excluding hydrogens is 377 g/mol. The van der Waals surface area contributed by atoms with E-state index < -0.39 is 18.3 Å². The maximum atomic E-state index is 13.9. The van der Waals surface area contributed by atoms with Crippen molar-refractivity contribution in [3.8, 4) is 0 Å². The molecule has 0 spiro atoms. The smallest absolute Gasteiger partial charge is 0.377 e. The molecule has 0 saturated heterocycles. The van der Waals surface area contributed by atoms with E-state index in [1.165, 1.54) is 6.92 Å². The number of benzene rings is 1. The number of rotatable bonds is 7. The van der Waals surface area contributed by atoms with Crippen LogP contribution in [0.4, 0.5) is 8.78 Å². The fourth-order valence-electron chi connectivity index (χ4n) is 1.72. The van der Waals surface area contributed by atoms with Gasteiger partial charge in [0, 0.05) is 10.8 Å². The Morgan fingerprint density at radius 1 is 1.35 bits per heavy atom. The molecule has 0 fully saturated rings. The number of halogens is 3. The number of carbonyl (C=O) groups is 1. The van der Waals surface area contributed by atoms with Gasteiger partial charge in [-0.25, -0.2) is 4.79 Å². The minimum Gasteiger partial charge on any atom is -0.462 e. The summed E-state index contributed by atoms with van der Waals surface area (Å²) in [6.07, 6.45) is 1.81. The van der Waals surface area contributed by atoms with E-state index in [0.717, 1.165) is 4.43 Å². The van der Waals surface area contributed by atoms with Crippen molar-refractivity contribution in [3.05, 3.63) is 42.0 Å². The lowest BCUT2D eigenvalue weighted by Gasteiger charge is -2.17. The van der Waals surface area contributed by atoms with E-state index in [1.54, 1.807) is 30.3 Å². The van der Waals surface area contributed by atoms with Gasteiger partial charge in [0.1, 0.15) is 0 Å². The molecule has 1 aromatic rings. The molecule has 2 nitrogen and oxygen atoms in total. The number of esters is 1. The molecule has 0 unspecified atom stereocenters. The fourth-order valence-corrected chi connectivity index (χ4v) is 2.03. The number of alkyl halides is 3. The van der Waals surface area contributed by atoms with E-state index in [2.05, 4.69) is 27.3 Å². The van der Waals surface area contributed by atoms with Crippen molar-refractivity contribution in [2.24, 2.45) is 0 Å². The summed E-state index contributed by atoms with van der Waals surface area (Å²) in [5.41, 5.74) is 1.18. The summed E-state index contributed by atoms with van der Waals surface area (Å²) in [6.45, 7) is 1.46. The molecular formula is C15H17F2IO2. The monoisotopic (exact) mass is 394 g/mol. The summed E-state index contributed by atoms with van der Waals surface area (Å²) in [4.78, 5) is 11.3. The molecule has 0 heterocycles. The summed E-state index contributed by atoms with van der Waals surface area (Å²) < 4.78 is 33.0. The van der Waals surface area contributed by atoms with Gasteiger partial charge in [-0.2, -0.15) is 8.78 Å². The van der Waals surface area contributed by atoms with E-state index in [-0.39, 0.29) is 6.61 Å². The van der Waals surface area contributed by atoms with Gasteiger partial charge in [-0.3, -0.25) is 0 Å². The maximum absolute atomic E-state index is 13.9. The molecule has 5 heteroatoms. The molecule has 20 heavy (non-hydrogen) atoms. The molecule has 110 valence electrons. The van der Waals surface area contributed by atoms with E-state index in [4.69, 9.17) is 0 Å². The van der Waals surface area contributed by atoms with Gasteiger partial charge in [0.05, 0.1) is 6.61 Å². The standard InChI is InChI=1S/C15H17F2IO2/c1-2-20-14(19)15(16,17)11-13(9-6-10-18)12-7-4-3-5-8-12/h3-5,7-9H,2,6,10-11H2,1H3/b13-9+. The van der Waals surface area contributed by atoms with Crippen molar-refractivity contribution in [3.63, 3.8) is 0 Å². The first-order valence-electron chi connectivity index (χ1n) is 6.36. The minimum absolute atomic E-state index is 0.0490. The lowest BCUT2D eigenvalue weighted by Crippen LogP contribution is -2.31. The molecule has 0 aliphatic heterocycles. The van der Waals surface area contributed by atoms with Gasteiger partial charge in [0.25, 0.3) is 0 Å². The average Bonchev–Trinajstić information content (AvgIpc) is 2.44. The fraction of sp³-hybridized carbons (Fsp3) is 0.400. The van der Waals surface area contributed by atoms with Crippen molar-refractivity contribution in [1.29, 1.82) is 0 Å². The highest BCUT2D eigenvalue weighted by Gasteiger charge is 2.41. The van der Waals surface area contributed by atoms with Crippen molar-refractivity contribution < 1.29 is 18.3 Å². The second-order valence-corrected chi connectivity index (χ2v) is 5.25. The third-order valence-electron chi connectivity index (χ3n) is 2.63. The zero-order chi connectivity index (χ0) is 15.0. The number of carbonyl (C=O) groups excluding carboxylic acids is 1. The second-order valence-electron chi connectivity index (χ2n) is 4.17. The first-order chi connectivity index (χ1) is 9.51. The van der Waals surface area contributed by atoms with Crippen LogP contribution in [0, 0.1) is 0 Å². The Morgan fingerprint density at radius 2 is 2.00 bits per heavy atom. The molecule has 1 rings (SSSR count). The van der Waals surface area contributed by atoms with Crippen LogP contribution in [-0.4, -0.2) is 22.9 Å². The van der Waals surface area contributed by atoms with Crippen molar-refractivity contribution in [1.82, 2.24) is 0 Å². The number of hydrogen-bond donors (Lipinski definition) is 0. The van der Waals surface area contributed by atoms with Crippen molar-refractivity contribution in [2.75, 3.05) is 11.0 Å². The average molecular weight is 394 g/mol. The van der Waals surface area contributed by atoms with Crippen LogP contribution in [0.15, 0.2) is 36.4 Å². The summed E-state index contributed by atoms with van der Waals surface area (Å²) in [7, 11) is 0. The van der Waals surface area contributed by atoms with Crippen LogP contribution in [0.2, 0.25) is 0 Å². The molecule has 0 aliphatic rings. The lowest BCUT2D eigenvalue weighted by molar-refractivity contribution is -0.170. The SMILES string of the molecule is CCOC(=O)C(F)(F)C/C(=C\CCI)c1ccccc1. The molecule has 0 N–H and O–H groups in total. The molecule has 1 aromatic carbocycles. The maximum Gasteiger partial charge on any atom is 0.377 e. The highest BCUT2D eigenvalue weighted by molar-refractivity contribution is 14.1. The Morgan fingerprint density at radius 3 is 2.55 bits per heavy atom. The van der Waals surface area contributed by atoms with Gasteiger partial charge in [-0.15, -0.1) is 0 Å². The summed E-state index contributed by atoms with van der Waals surface area (Å²) in [6, 6.07) is 8.93. The van der Waals surface area contributed by atoms with Crippen LogP contribution in [-0.2, 0) is 9.53 Å². The molecule has 0 amide bonds. The zero-order valence-corrected chi connectivity index (χ0v) is 13.4. The Balaban J connectivity index is 2.94. The van der Waals surface area contributed by atoms with Gasteiger partial charge >= 0.3 is 11.9 Å². The largest absolute Gasteiger partial charge is 0.462 e. The third kappa shape index (κ3) is 5.19. The van der Waals surface area contributed by atoms with Crippen LogP contribution in [0.1, 0.15) is 25.3 Å². The summed E-state index contributed by atoms with van der Waals surface area (Å²) in [5, 5.41) is 0. The predicted molar refractivity (Wildman–Crippen MR) is 84.1 cm³/mol. The van der Waals surface area contributed by atoms with E-state index >= 15 is 0 Å². The van der Waals surface area contributed by atoms with Crippen molar-refractivity contribution >= 4 is 34.1 Å². The number of allylic oxidation sites excluding steroid dienone is 2. The number of ether oxygens (including phenoxy) is 1. The second kappa shape index (κ2) is 8.34. The highest BCUT2D eigenvalue weighted by Crippen LogP contribution is 2.31. The molecule has 0 aliphatic carbocycles. The third-order valence-corrected chi connectivity index (χ3v) is 3.25. The lowest BCUT2D eigenvalue weighted by atomic mass is 9.98. The van der Waals surface area contributed by atoms with E-state index in [1.807, 2.05) is 6.07 Å². The zero-order valence-electron chi connectivity index (χ0n) is 11.2. The normalized spacial score (nSPS) is 12.3. The topological polar surface area (TPSA) is 26.3 Å². The molecule has 0 atom stereocenters. The van der Waals surface area contributed by atoms with Crippen LogP contribution in [0.3, 0.4) is 0 Å². The first-order valence-corrected chi connectivity index (χ1v) is 7.89. The summed E-state index contributed by atoms with van der Waals surface area (Å²) in [5.74, 6) is -4.96.